The number of rotatable bonds is 3. The molecule has 0 bridgehead atoms. The Bertz CT molecular complexity index is 666. The first-order chi connectivity index (χ1) is 11.3. The zero-order chi connectivity index (χ0) is 17.4. The molecule has 2 aliphatic rings. The number of nitrogens with zero attached hydrogens (tertiary/aromatic N) is 1. The maximum Gasteiger partial charge on any atom is 0.416 e. The summed E-state index contributed by atoms with van der Waals surface area (Å²) in [5.41, 5.74) is -0.839. The van der Waals surface area contributed by atoms with Gasteiger partial charge >= 0.3 is 6.18 Å². The lowest BCUT2D eigenvalue weighted by atomic mass is 9.84. The minimum atomic E-state index is -4.46. The van der Waals surface area contributed by atoms with Crippen LogP contribution >= 0.6 is 12.4 Å². The maximum absolute atomic E-state index is 12.6. The summed E-state index contributed by atoms with van der Waals surface area (Å²) >= 11 is 0. The first-order valence-electron chi connectivity index (χ1n) is 8.16. The highest BCUT2D eigenvalue weighted by Crippen LogP contribution is 2.33. The molecule has 0 radical (unpaired) electrons. The van der Waals surface area contributed by atoms with Crippen LogP contribution in [0.5, 0.6) is 0 Å². The molecule has 0 saturated carbocycles. The predicted molar refractivity (Wildman–Crippen MR) is 91.2 cm³/mol. The van der Waals surface area contributed by atoms with E-state index < -0.39 is 21.8 Å². The van der Waals surface area contributed by atoms with E-state index in [9.17, 15) is 21.6 Å². The van der Waals surface area contributed by atoms with Crippen molar-refractivity contribution in [2.45, 2.75) is 30.3 Å². The van der Waals surface area contributed by atoms with Gasteiger partial charge in [-0.05, 0) is 68.5 Å². The third kappa shape index (κ3) is 4.48. The number of alkyl halides is 3. The van der Waals surface area contributed by atoms with Crippen LogP contribution in [0.2, 0.25) is 0 Å². The number of sulfonamides is 1. The summed E-state index contributed by atoms with van der Waals surface area (Å²) in [5, 5.41) is 3.33. The van der Waals surface area contributed by atoms with Crippen LogP contribution in [-0.4, -0.2) is 38.9 Å². The summed E-state index contributed by atoms with van der Waals surface area (Å²) in [6.45, 7) is 2.89. The van der Waals surface area contributed by atoms with Crippen LogP contribution in [-0.2, 0) is 16.2 Å². The van der Waals surface area contributed by atoms with E-state index in [2.05, 4.69) is 5.32 Å². The second-order valence-electron chi connectivity index (χ2n) is 6.52. The number of halogens is 4. The number of piperidine rings is 1. The molecule has 9 heteroatoms. The maximum atomic E-state index is 12.6. The molecule has 2 saturated heterocycles. The second-order valence-corrected chi connectivity index (χ2v) is 8.45. The van der Waals surface area contributed by atoms with E-state index in [1.807, 2.05) is 0 Å². The molecule has 1 unspecified atom stereocenters. The van der Waals surface area contributed by atoms with Crippen molar-refractivity contribution in [2.75, 3.05) is 26.2 Å². The first-order valence-corrected chi connectivity index (χ1v) is 9.60. The highest BCUT2D eigenvalue weighted by Gasteiger charge is 2.34. The van der Waals surface area contributed by atoms with Crippen molar-refractivity contribution >= 4 is 22.4 Å². The molecular weight excluding hydrogens is 377 g/mol. The molecular formula is C16H22ClF3N2O2S. The molecule has 0 aliphatic carbocycles. The molecule has 0 spiro atoms. The second kappa shape index (κ2) is 7.82. The van der Waals surface area contributed by atoms with Crippen molar-refractivity contribution in [3.63, 3.8) is 0 Å². The summed E-state index contributed by atoms with van der Waals surface area (Å²) in [5.74, 6) is 1.14. The molecule has 2 heterocycles. The minimum Gasteiger partial charge on any atom is -0.316 e. The molecule has 4 nitrogen and oxygen atoms in total. The molecule has 0 amide bonds. The van der Waals surface area contributed by atoms with E-state index in [-0.39, 0.29) is 17.3 Å². The Morgan fingerprint density at radius 2 is 1.60 bits per heavy atom. The average molecular weight is 399 g/mol. The van der Waals surface area contributed by atoms with Crippen molar-refractivity contribution in [1.29, 1.82) is 0 Å². The van der Waals surface area contributed by atoms with Crippen LogP contribution in [0.4, 0.5) is 13.2 Å². The molecule has 1 aromatic rings. The largest absolute Gasteiger partial charge is 0.416 e. The molecule has 1 N–H and O–H groups in total. The molecule has 142 valence electrons. The molecule has 0 aromatic heterocycles. The average Bonchev–Trinajstić information content (AvgIpc) is 3.09. The molecule has 2 aliphatic heterocycles. The van der Waals surface area contributed by atoms with Gasteiger partial charge in [0.25, 0.3) is 0 Å². The van der Waals surface area contributed by atoms with Gasteiger partial charge in [-0.1, -0.05) is 0 Å². The lowest BCUT2D eigenvalue weighted by Gasteiger charge is -2.33. The summed E-state index contributed by atoms with van der Waals surface area (Å²) in [6.07, 6.45) is -1.70. The minimum absolute atomic E-state index is 0. The van der Waals surface area contributed by atoms with Gasteiger partial charge in [0.05, 0.1) is 10.5 Å². The Hall–Kier alpha value is -0.830. The van der Waals surface area contributed by atoms with Crippen LogP contribution in [0.25, 0.3) is 0 Å². The fourth-order valence-corrected chi connectivity index (χ4v) is 5.10. The van der Waals surface area contributed by atoms with Gasteiger partial charge in [0.15, 0.2) is 0 Å². The Morgan fingerprint density at radius 1 is 1.00 bits per heavy atom. The van der Waals surface area contributed by atoms with Crippen LogP contribution in [0, 0.1) is 11.8 Å². The van der Waals surface area contributed by atoms with E-state index in [4.69, 9.17) is 0 Å². The fourth-order valence-electron chi connectivity index (χ4n) is 3.63. The van der Waals surface area contributed by atoms with Crippen molar-refractivity contribution in [3.8, 4) is 0 Å². The van der Waals surface area contributed by atoms with E-state index in [1.165, 1.54) is 4.31 Å². The number of hydrogen-bond donors (Lipinski definition) is 1. The molecule has 25 heavy (non-hydrogen) atoms. The van der Waals surface area contributed by atoms with Crippen molar-refractivity contribution in [3.05, 3.63) is 29.8 Å². The zero-order valence-electron chi connectivity index (χ0n) is 13.6. The van der Waals surface area contributed by atoms with Gasteiger partial charge in [0.1, 0.15) is 0 Å². The Morgan fingerprint density at radius 3 is 2.08 bits per heavy atom. The van der Waals surface area contributed by atoms with Crippen molar-refractivity contribution in [1.82, 2.24) is 9.62 Å². The van der Waals surface area contributed by atoms with Gasteiger partial charge in [-0.2, -0.15) is 17.5 Å². The summed E-state index contributed by atoms with van der Waals surface area (Å²) in [7, 11) is -3.72. The van der Waals surface area contributed by atoms with Gasteiger partial charge < -0.3 is 5.32 Å². The third-order valence-corrected chi connectivity index (χ3v) is 7.00. The molecule has 3 rings (SSSR count). The Labute approximate surface area is 152 Å². The van der Waals surface area contributed by atoms with Crippen molar-refractivity contribution < 1.29 is 21.6 Å². The Kier molecular flexibility index (Phi) is 6.40. The molecule has 2 fully saturated rings. The monoisotopic (exact) mass is 398 g/mol. The summed E-state index contributed by atoms with van der Waals surface area (Å²) in [4.78, 5) is -0.0727. The number of hydrogen-bond acceptors (Lipinski definition) is 3. The zero-order valence-corrected chi connectivity index (χ0v) is 15.3. The van der Waals surface area contributed by atoms with E-state index in [0.29, 0.717) is 24.9 Å². The lowest BCUT2D eigenvalue weighted by Crippen LogP contribution is -2.40. The van der Waals surface area contributed by atoms with Gasteiger partial charge in [0.2, 0.25) is 10.0 Å². The van der Waals surface area contributed by atoms with Crippen LogP contribution in [0.3, 0.4) is 0 Å². The molecule has 1 atom stereocenters. The predicted octanol–water partition coefficient (Wildman–Crippen LogP) is 3.14. The number of nitrogens with one attached hydrogen (secondary N) is 1. The fraction of sp³-hybridized carbons (Fsp3) is 0.625. The number of benzene rings is 1. The first kappa shape index (κ1) is 20.5. The van der Waals surface area contributed by atoms with Gasteiger partial charge in [-0.3, -0.25) is 0 Å². The van der Waals surface area contributed by atoms with Crippen LogP contribution in [0.15, 0.2) is 29.2 Å². The van der Waals surface area contributed by atoms with Gasteiger partial charge in [0, 0.05) is 13.1 Å². The van der Waals surface area contributed by atoms with E-state index in [1.54, 1.807) is 0 Å². The topological polar surface area (TPSA) is 49.4 Å². The standard InChI is InChI=1S/C16H21F3N2O2S.ClH/c17-16(18,19)14-1-3-15(4-2-14)24(22,23)21-9-6-12(7-10-21)13-5-8-20-11-13;/h1-4,12-13,20H,5-11H2;1H. The summed E-state index contributed by atoms with van der Waals surface area (Å²) < 4.78 is 64.4. The highest BCUT2D eigenvalue weighted by molar-refractivity contribution is 7.89. The van der Waals surface area contributed by atoms with E-state index >= 15 is 0 Å². The lowest BCUT2D eigenvalue weighted by molar-refractivity contribution is -0.137. The molecule has 1 aromatic carbocycles. The van der Waals surface area contributed by atoms with Gasteiger partial charge in [-0.25, -0.2) is 8.42 Å². The smallest absolute Gasteiger partial charge is 0.316 e. The van der Waals surface area contributed by atoms with Gasteiger partial charge in [-0.15, -0.1) is 12.4 Å². The summed E-state index contributed by atoms with van der Waals surface area (Å²) in [6, 6.07) is 3.74. The Balaban J connectivity index is 0.00000225. The SMILES string of the molecule is Cl.O=S(=O)(c1ccc(C(F)(F)F)cc1)N1CCC(C2CCNC2)CC1. The van der Waals surface area contributed by atoms with Crippen molar-refractivity contribution in [2.24, 2.45) is 11.8 Å². The van der Waals surface area contributed by atoms with E-state index in [0.717, 1.165) is 56.6 Å². The quantitative estimate of drug-likeness (QED) is 0.851. The normalized spacial score (nSPS) is 23.4. The van der Waals surface area contributed by atoms with Crippen LogP contribution in [0.1, 0.15) is 24.8 Å². The highest BCUT2D eigenvalue weighted by atomic mass is 35.5. The third-order valence-electron chi connectivity index (χ3n) is 5.08. The van der Waals surface area contributed by atoms with Crippen LogP contribution < -0.4 is 5.32 Å².